The molecule has 13 heteroatoms. The molecule has 2 aromatic heterocycles. The quantitative estimate of drug-likeness (QED) is 0.333. The minimum absolute atomic E-state index is 0.0409. The number of benzene rings is 1. The first-order chi connectivity index (χ1) is 15.2. The van der Waals surface area contributed by atoms with Crippen molar-refractivity contribution in [3.8, 4) is 16.5 Å². The molecule has 0 aliphatic heterocycles. The minimum atomic E-state index is -4.89. The molecular formula is C19H17F3N4O5S. The molecule has 9 nitrogen and oxygen atoms in total. The zero-order valence-electron chi connectivity index (χ0n) is 16.7. The summed E-state index contributed by atoms with van der Waals surface area (Å²) >= 11 is 1.41. The van der Waals surface area contributed by atoms with Gasteiger partial charge in [-0.05, 0) is 23.9 Å². The van der Waals surface area contributed by atoms with E-state index < -0.39 is 40.6 Å². The SMILES string of the molecule is CCCN(Cc1nnc(-c2cccs2)o1)C(=O)COc1ccc([N+](=O)[O-])cc1C(F)(F)F. The lowest BCUT2D eigenvalue weighted by Gasteiger charge is -2.21. The average molecular weight is 470 g/mol. The monoisotopic (exact) mass is 470 g/mol. The van der Waals surface area contributed by atoms with E-state index in [1.54, 1.807) is 6.07 Å². The van der Waals surface area contributed by atoms with Gasteiger partial charge in [-0.25, -0.2) is 0 Å². The number of halogens is 3. The maximum Gasteiger partial charge on any atom is 0.420 e. The van der Waals surface area contributed by atoms with E-state index >= 15 is 0 Å². The Hall–Kier alpha value is -3.48. The van der Waals surface area contributed by atoms with Crippen LogP contribution in [0.2, 0.25) is 0 Å². The topological polar surface area (TPSA) is 112 Å². The van der Waals surface area contributed by atoms with Crippen LogP contribution in [-0.4, -0.2) is 39.1 Å². The Labute approximate surface area is 183 Å². The number of ether oxygens (including phenoxy) is 1. The van der Waals surface area contributed by atoms with E-state index in [-0.39, 0.29) is 19.0 Å². The van der Waals surface area contributed by atoms with Crippen LogP contribution in [0, 0.1) is 10.1 Å². The third-order valence-corrected chi connectivity index (χ3v) is 5.06. The molecule has 0 radical (unpaired) electrons. The van der Waals surface area contributed by atoms with Crippen molar-refractivity contribution in [3.05, 3.63) is 57.3 Å². The van der Waals surface area contributed by atoms with Crippen LogP contribution in [0.4, 0.5) is 18.9 Å². The highest BCUT2D eigenvalue weighted by atomic mass is 32.1. The molecule has 0 N–H and O–H groups in total. The van der Waals surface area contributed by atoms with E-state index in [2.05, 4.69) is 10.2 Å². The zero-order valence-corrected chi connectivity index (χ0v) is 17.5. The highest BCUT2D eigenvalue weighted by Gasteiger charge is 2.36. The molecule has 1 amide bonds. The summed E-state index contributed by atoms with van der Waals surface area (Å²) in [7, 11) is 0. The molecule has 0 atom stereocenters. The van der Waals surface area contributed by atoms with Crippen LogP contribution in [0.5, 0.6) is 5.75 Å². The predicted octanol–water partition coefficient (Wildman–Crippen LogP) is 4.54. The molecule has 0 unspecified atom stereocenters. The number of rotatable bonds is 9. The number of thiophene rings is 1. The Morgan fingerprint density at radius 3 is 2.72 bits per heavy atom. The normalized spacial score (nSPS) is 11.4. The summed E-state index contributed by atoms with van der Waals surface area (Å²) in [5.74, 6) is -0.808. The van der Waals surface area contributed by atoms with Crippen LogP contribution >= 0.6 is 11.3 Å². The van der Waals surface area contributed by atoms with Crippen LogP contribution in [0.1, 0.15) is 24.8 Å². The Bertz CT molecular complexity index is 1090. The summed E-state index contributed by atoms with van der Waals surface area (Å²) in [6.45, 7) is 1.36. The minimum Gasteiger partial charge on any atom is -0.483 e. The fraction of sp³-hybridized carbons (Fsp3) is 0.316. The maximum absolute atomic E-state index is 13.3. The van der Waals surface area contributed by atoms with Crippen LogP contribution in [-0.2, 0) is 17.5 Å². The van der Waals surface area contributed by atoms with Crippen LogP contribution in [0.3, 0.4) is 0 Å². The van der Waals surface area contributed by atoms with Crippen molar-refractivity contribution in [2.45, 2.75) is 26.1 Å². The number of nitrogens with zero attached hydrogens (tertiary/aromatic N) is 4. The Kier molecular flexibility index (Phi) is 7.08. The van der Waals surface area contributed by atoms with Crippen LogP contribution in [0.15, 0.2) is 40.1 Å². The smallest absolute Gasteiger partial charge is 0.420 e. The van der Waals surface area contributed by atoms with Gasteiger partial charge >= 0.3 is 6.18 Å². The molecule has 0 fully saturated rings. The van der Waals surface area contributed by atoms with Gasteiger partial charge in [0.25, 0.3) is 17.5 Å². The largest absolute Gasteiger partial charge is 0.483 e. The molecule has 32 heavy (non-hydrogen) atoms. The Morgan fingerprint density at radius 1 is 1.31 bits per heavy atom. The average Bonchev–Trinajstić information content (AvgIpc) is 3.42. The number of carbonyl (C=O) groups is 1. The van der Waals surface area contributed by atoms with E-state index in [4.69, 9.17) is 9.15 Å². The number of amides is 1. The number of nitro benzene ring substituents is 1. The van der Waals surface area contributed by atoms with Gasteiger partial charge in [-0.3, -0.25) is 14.9 Å². The van der Waals surface area contributed by atoms with Crippen molar-refractivity contribution >= 4 is 22.9 Å². The van der Waals surface area contributed by atoms with E-state index in [1.807, 2.05) is 18.4 Å². The summed E-state index contributed by atoms with van der Waals surface area (Å²) in [5, 5.41) is 20.5. The summed E-state index contributed by atoms with van der Waals surface area (Å²) in [5.41, 5.74) is -2.07. The summed E-state index contributed by atoms with van der Waals surface area (Å²) in [4.78, 5) is 24.5. The third-order valence-electron chi connectivity index (χ3n) is 4.20. The number of nitro groups is 1. The molecule has 0 saturated heterocycles. The maximum atomic E-state index is 13.3. The van der Waals surface area contributed by atoms with Crippen molar-refractivity contribution in [3.63, 3.8) is 0 Å². The summed E-state index contributed by atoms with van der Waals surface area (Å²) in [6.07, 6.45) is -4.32. The standard InChI is InChI=1S/C19H17F3N4O5S/c1-2-7-25(10-16-23-24-18(31-16)15-4-3-8-32-15)17(27)11-30-14-6-5-12(26(28)29)9-13(14)19(20,21)22/h3-6,8-9H,2,7,10-11H2,1H3. The molecule has 2 heterocycles. The molecule has 170 valence electrons. The number of non-ortho nitro benzene ring substituents is 1. The van der Waals surface area contributed by atoms with E-state index in [0.717, 1.165) is 17.0 Å². The van der Waals surface area contributed by atoms with Gasteiger partial charge in [0.1, 0.15) is 11.3 Å². The first-order valence-electron chi connectivity index (χ1n) is 9.31. The summed E-state index contributed by atoms with van der Waals surface area (Å²) in [6, 6.07) is 5.69. The fourth-order valence-corrected chi connectivity index (χ4v) is 3.40. The highest BCUT2D eigenvalue weighted by molar-refractivity contribution is 7.13. The third kappa shape index (κ3) is 5.60. The van der Waals surface area contributed by atoms with Crippen molar-refractivity contribution in [1.29, 1.82) is 0 Å². The lowest BCUT2D eigenvalue weighted by molar-refractivity contribution is -0.385. The Morgan fingerprint density at radius 2 is 2.09 bits per heavy atom. The number of hydrogen-bond acceptors (Lipinski definition) is 8. The second kappa shape index (κ2) is 9.77. The highest BCUT2D eigenvalue weighted by Crippen LogP contribution is 2.38. The molecule has 0 aliphatic carbocycles. The van der Waals surface area contributed by atoms with Gasteiger partial charge < -0.3 is 14.1 Å². The van der Waals surface area contributed by atoms with Gasteiger partial charge in [0.05, 0.1) is 16.3 Å². The van der Waals surface area contributed by atoms with Gasteiger partial charge in [0, 0.05) is 18.7 Å². The number of aromatic nitrogens is 2. The molecule has 0 saturated carbocycles. The molecule has 1 aromatic carbocycles. The lowest BCUT2D eigenvalue weighted by atomic mass is 10.1. The number of carbonyl (C=O) groups excluding carboxylic acids is 1. The number of alkyl halides is 3. The first-order valence-corrected chi connectivity index (χ1v) is 10.2. The van der Waals surface area contributed by atoms with E-state index in [9.17, 15) is 28.1 Å². The molecule has 3 aromatic rings. The van der Waals surface area contributed by atoms with Gasteiger partial charge in [-0.1, -0.05) is 13.0 Å². The molecule has 0 aliphatic rings. The van der Waals surface area contributed by atoms with Crippen molar-refractivity contribution in [2.75, 3.05) is 13.2 Å². The van der Waals surface area contributed by atoms with E-state index in [1.165, 1.54) is 16.2 Å². The fourth-order valence-electron chi connectivity index (χ4n) is 2.75. The molecule has 0 bridgehead atoms. The predicted molar refractivity (Wildman–Crippen MR) is 107 cm³/mol. The van der Waals surface area contributed by atoms with Gasteiger partial charge in [0.15, 0.2) is 6.61 Å². The van der Waals surface area contributed by atoms with Gasteiger partial charge in [-0.15, -0.1) is 21.5 Å². The molecular weight excluding hydrogens is 453 g/mol. The Balaban J connectivity index is 1.71. The van der Waals surface area contributed by atoms with E-state index in [0.29, 0.717) is 18.4 Å². The van der Waals surface area contributed by atoms with Crippen molar-refractivity contribution in [1.82, 2.24) is 15.1 Å². The first kappa shape index (κ1) is 23.2. The second-order valence-corrected chi connectivity index (χ2v) is 7.47. The van der Waals surface area contributed by atoms with Gasteiger partial charge in [0.2, 0.25) is 5.89 Å². The summed E-state index contributed by atoms with van der Waals surface area (Å²) < 4.78 is 50.5. The zero-order chi connectivity index (χ0) is 23.3. The van der Waals surface area contributed by atoms with Gasteiger partial charge in [-0.2, -0.15) is 13.2 Å². The second-order valence-electron chi connectivity index (χ2n) is 6.52. The van der Waals surface area contributed by atoms with Crippen LogP contribution < -0.4 is 4.74 Å². The molecule has 0 spiro atoms. The van der Waals surface area contributed by atoms with Crippen molar-refractivity contribution < 1.29 is 32.0 Å². The van der Waals surface area contributed by atoms with Crippen LogP contribution in [0.25, 0.3) is 10.8 Å². The lowest BCUT2D eigenvalue weighted by Crippen LogP contribution is -2.35. The van der Waals surface area contributed by atoms with Crippen molar-refractivity contribution in [2.24, 2.45) is 0 Å². The molecule has 3 rings (SSSR count). The number of hydrogen-bond donors (Lipinski definition) is 0.